The van der Waals surface area contributed by atoms with Crippen molar-refractivity contribution >= 4 is 24.6 Å². The van der Waals surface area contributed by atoms with Crippen molar-refractivity contribution in [2.45, 2.75) is 71.7 Å². The average Bonchev–Trinajstić information content (AvgIpc) is 2.78. The maximum atomic E-state index is 12.3. The Hall–Kier alpha value is -1.87. The molecule has 0 N–H and O–H groups in total. The van der Waals surface area contributed by atoms with Gasteiger partial charge in [0.15, 0.2) is 0 Å². The van der Waals surface area contributed by atoms with Gasteiger partial charge in [-0.15, -0.1) is 0 Å². The highest BCUT2D eigenvalue weighted by Crippen LogP contribution is 2.36. The lowest BCUT2D eigenvalue weighted by atomic mass is 9.81. The van der Waals surface area contributed by atoms with Crippen LogP contribution in [0, 0.1) is 0 Å². The number of anilines is 1. The van der Waals surface area contributed by atoms with Crippen LogP contribution >= 0.6 is 0 Å². The van der Waals surface area contributed by atoms with Crippen molar-refractivity contribution in [2.24, 2.45) is 0 Å². The zero-order chi connectivity index (χ0) is 21.4. The van der Waals surface area contributed by atoms with Crippen molar-refractivity contribution in [3.63, 3.8) is 0 Å². The van der Waals surface area contributed by atoms with E-state index in [0.717, 1.165) is 18.4 Å². The summed E-state index contributed by atoms with van der Waals surface area (Å²) < 4.78 is 17.6. The minimum absolute atomic E-state index is 0.267. The first kappa shape index (κ1) is 21.8. The van der Waals surface area contributed by atoms with Crippen LogP contribution in [-0.4, -0.2) is 71.1 Å². The van der Waals surface area contributed by atoms with E-state index in [1.807, 2.05) is 48.5 Å². The Bertz CT molecular complexity index is 717. The Balaban J connectivity index is 1.62. The first-order valence-corrected chi connectivity index (χ1v) is 10.3. The van der Waals surface area contributed by atoms with Crippen molar-refractivity contribution in [2.75, 3.05) is 31.1 Å². The highest BCUT2D eigenvalue weighted by molar-refractivity contribution is 6.61. The second-order valence-corrected chi connectivity index (χ2v) is 9.71. The van der Waals surface area contributed by atoms with Crippen LogP contribution in [0.15, 0.2) is 12.4 Å². The summed E-state index contributed by atoms with van der Waals surface area (Å²) in [5.41, 5.74) is -0.480. The Morgan fingerprint density at radius 3 is 2.17 bits per heavy atom. The Labute approximate surface area is 174 Å². The standard InChI is InChI=1S/C20H33BN4O4/c1-18(2,3)27-17(26)25-10-8-9-24(11-12-25)16-22-13-15(14-23-16)21-28-19(4,5)20(6,7)29-21/h13-14H,8-12H2,1-7H3. The zero-order valence-electron chi connectivity index (χ0n) is 18.7. The summed E-state index contributed by atoms with van der Waals surface area (Å²) in [4.78, 5) is 25.2. The molecule has 2 aliphatic rings. The van der Waals surface area contributed by atoms with Gasteiger partial charge in [0, 0.05) is 44.0 Å². The third-order valence-corrected chi connectivity index (χ3v) is 5.61. The van der Waals surface area contributed by atoms with Gasteiger partial charge in [0.25, 0.3) is 0 Å². The first-order chi connectivity index (χ1) is 13.4. The predicted octanol–water partition coefficient (Wildman–Crippen LogP) is 2.22. The topological polar surface area (TPSA) is 77.0 Å². The maximum absolute atomic E-state index is 12.3. The summed E-state index contributed by atoms with van der Waals surface area (Å²) in [5, 5.41) is 0. The van der Waals surface area contributed by atoms with Crippen LogP contribution < -0.4 is 10.4 Å². The summed E-state index contributed by atoms with van der Waals surface area (Å²) in [6.45, 7) is 16.4. The largest absolute Gasteiger partial charge is 0.498 e. The lowest BCUT2D eigenvalue weighted by Crippen LogP contribution is -2.41. The molecule has 2 saturated heterocycles. The molecule has 0 saturated carbocycles. The summed E-state index contributed by atoms with van der Waals surface area (Å²) in [7, 11) is -0.471. The minimum Gasteiger partial charge on any atom is -0.444 e. The van der Waals surface area contributed by atoms with Gasteiger partial charge in [0.05, 0.1) is 11.2 Å². The van der Waals surface area contributed by atoms with Crippen LogP contribution in [0.25, 0.3) is 0 Å². The molecule has 0 bridgehead atoms. The normalized spacial score (nSPS) is 21.8. The maximum Gasteiger partial charge on any atom is 0.498 e. The third kappa shape index (κ3) is 5.01. The molecule has 0 unspecified atom stereocenters. The molecule has 3 heterocycles. The third-order valence-electron chi connectivity index (χ3n) is 5.61. The van der Waals surface area contributed by atoms with E-state index in [-0.39, 0.29) is 6.09 Å². The van der Waals surface area contributed by atoms with Gasteiger partial charge < -0.3 is 23.8 Å². The van der Waals surface area contributed by atoms with E-state index in [1.54, 1.807) is 17.3 Å². The van der Waals surface area contributed by atoms with Crippen LogP contribution in [0.4, 0.5) is 10.7 Å². The molecule has 1 aromatic rings. The zero-order valence-corrected chi connectivity index (χ0v) is 18.7. The van der Waals surface area contributed by atoms with Gasteiger partial charge in [0.1, 0.15) is 5.60 Å². The van der Waals surface area contributed by atoms with Gasteiger partial charge in [-0.1, -0.05) is 0 Å². The molecule has 3 rings (SSSR count). The quantitative estimate of drug-likeness (QED) is 0.700. The second kappa shape index (κ2) is 7.76. The van der Waals surface area contributed by atoms with Crippen LogP contribution in [0.5, 0.6) is 0 Å². The molecule has 2 fully saturated rings. The molecule has 0 atom stereocenters. The van der Waals surface area contributed by atoms with Crippen LogP contribution in [0.3, 0.4) is 0 Å². The smallest absolute Gasteiger partial charge is 0.444 e. The predicted molar refractivity (Wildman–Crippen MR) is 112 cm³/mol. The number of carbonyl (C=O) groups is 1. The fraction of sp³-hybridized carbons (Fsp3) is 0.750. The van der Waals surface area contributed by atoms with Gasteiger partial charge >= 0.3 is 13.2 Å². The second-order valence-electron chi connectivity index (χ2n) is 9.71. The molecular formula is C20H33BN4O4. The van der Waals surface area contributed by atoms with E-state index in [1.165, 1.54) is 0 Å². The Morgan fingerprint density at radius 1 is 1.03 bits per heavy atom. The van der Waals surface area contributed by atoms with Crippen molar-refractivity contribution < 1.29 is 18.8 Å². The molecule has 0 radical (unpaired) electrons. The van der Waals surface area contributed by atoms with Crippen LogP contribution in [-0.2, 0) is 14.0 Å². The monoisotopic (exact) mass is 404 g/mol. The Kier molecular flexibility index (Phi) is 5.84. The molecule has 29 heavy (non-hydrogen) atoms. The number of nitrogens with zero attached hydrogens (tertiary/aromatic N) is 4. The molecule has 0 spiro atoms. The molecule has 0 aromatic carbocycles. The lowest BCUT2D eigenvalue weighted by Gasteiger charge is -2.32. The summed E-state index contributed by atoms with van der Waals surface area (Å²) >= 11 is 0. The highest BCUT2D eigenvalue weighted by Gasteiger charge is 2.52. The van der Waals surface area contributed by atoms with Gasteiger partial charge in [-0.2, -0.15) is 0 Å². The van der Waals surface area contributed by atoms with Gasteiger partial charge in [-0.05, 0) is 54.9 Å². The fourth-order valence-corrected chi connectivity index (χ4v) is 3.22. The van der Waals surface area contributed by atoms with Gasteiger partial charge in [0.2, 0.25) is 5.95 Å². The number of rotatable bonds is 2. The number of carbonyl (C=O) groups excluding carboxylic acids is 1. The van der Waals surface area contributed by atoms with Crippen molar-refractivity contribution in [1.29, 1.82) is 0 Å². The highest BCUT2D eigenvalue weighted by atomic mass is 16.7. The summed E-state index contributed by atoms with van der Waals surface area (Å²) in [6.07, 6.45) is 4.10. The summed E-state index contributed by atoms with van der Waals surface area (Å²) in [5.74, 6) is 0.649. The summed E-state index contributed by atoms with van der Waals surface area (Å²) in [6, 6.07) is 0. The van der Waals surface area contributed by atoms with E-state index in [0.29, 0.717) is 25.6 Å². The SMILES string of the molecule is CC(C)(C)OC(=O)N1CCCN(c2ncc(B3OC(C)(C)C(C)(C)O3)cn2)CC1. The van der Waals surface area contributed by atoms with E-state index in [4.69, 9.17) is 14.0 Å². The molecular weight excluding hydrogens is 371 g/mol. The van der Waals surface area contributed by atoms with E-state index in [2.05, 4.69) is 14.9 Å². The van der Waals surface area contributed by atoms with Crippen molar-refractivity contribution in [1.82, 2.24) is 14.9 Å². The minimum atomic E-state index is -0.491. The number of aromatic nitrogens is 2. The fourth-order valence-electron chi connectivity index (χ4n) is 3.22. The number of hydrogen-bond donors (Lipinski definition) is 0. The lowest BCUT2D eigenvalue weighted by molar-refractivity contribution is 0.00578. The molecule has 2 aliphatic heterocycles. The molecule has 1 aromatic heterocycles. The molecule has 9 heteroatoms. The number of ether oxygens (including phenoxy) is 1. The van der Waals surface area contributed by atoms with E-state index >= 15 is 0 Å². The molecule has 8 nitrogen and oxygen atoms in total. The number of hydrogen-bond acceptors (Lipinski definition) is 7. The van der Waals surface area contributed by atoms with Crippen LogP contribution in [0.2, 0.25) is 0 Å². The Morgan fingerprint density at radius 2 is 1.62 bits per heavy atom. The van der Waals surface area contributed by atoms with Crippen molar-refractivity contribution in [3.05, 3.63) is 12.4 Å². The molecule has 160 valence electrons. The van der Waals surface area contributed by atoms with E-state index < -0.39 is 23.9 Å². The molecule has 0 aliphatic carbocycles. The molecule has 1 amide bonds. The van der Waals surface area contributed by atoms with Gasteiger partial charge in [-0.25, -0.2) is 14.8 Å². The van der Waals surface area contributed by atoms with Crippen molar-refractivity contribution in [3.8, 4) is 0 Å². The average molecular weight is 404 g/mol. The van der Waals surface area contributed by atoms with Crippen LogP contribution in [0.1, 0.15) is 54.9 Å². The van der Waals surface area contributed by atoms with Gasteiger partial charge in [-0.3, -0.25) is 0 Å². The first-order valence-electron chi connectivity index (χ1n) is 10.3. The number of amides is 1. The van der Waals surface area contributed by atoms with E-state index in [9.17, 15) is 4.79 Å².